The third-order valence-electron chi connectivity index (χ3n) is 6.56. The van der Waals surface area contributed by atoms with Crippen molar-refractivity contribution < 1.29 is 9.53 Å². The molecule has 5 rings (SSSR count). The summed E-state index contributed by atoms with van der Waals surface area (Å²) in [4.78, 5) is 15.3. The Balaban J connectivity index is 1.26. The summed E-state index contributed by atoms with van der Waals surface area (Å²) in [6.45, 7) is 3.00. The van der Waals surface area contributed by atoms with Crippen LogP contribution in [0.15, 0.2) is 85.3 Å². The van der Waals surface area contributed by atoms with Crippen molar-refractivity contribution in [3.05, 3.63) is 96.4 Å². The average Bonchev–Trinajstić information content (AvgIpc) is 3.58. The zero-order valence-electron chi connectivity index (χ0n) is 20.0. The lowest BCUT2D eigenvalue weighted by Crippen LogP contribution is -2.42. The van der Waals surface area contributed by atoms with Gasteiger partial charge in [-0.15, -0.1) is 0 Å². The first-order valence-electron chi connectivity index (χ1n) is 12.1. The lowest BCUT2D eigenvalue weighted by molar-refractivity contribution is -0.126. The molecular formula is C28H31N5O2. The van der Waals surface area contributed by atoms with Crippen molar-refractivity contribution in [1.82, 2.24) is 24.6 Å². The number of likely N-dealkylation sites (tertiary alicyclic amines) is 1. The Morgan fingerprint density at radius 1 is 1.06 bits per heavy atom. The van der Waals surface area contributed by atoms with Gasteiger partial charge < -0.3 is 14.6 Å². The van der Waals surface area contributed by atoms with E-state index >= 15 is 0 Å². The number of para-hydroxylation sites is 1. The normalized spacial score (nSPS) is 16.2. The van der Waals surface area contributed by atoms with E-state index in [2.05, 4.69) is 26.9 Å². The molecule has 1 fully saturated rings. The highest BCUT2D eigenvalue weighted by Crippen LogP contribution is 2.24. The van der Waals surface area contributed by atoms with Crippen molar-refractivity contribution in [2.24, 2.45) is 5.92 Å². The van der Waals surface area contributed by atoms with E-state index in [0.717, 1.165) is 60.9 Å². The fraction of sp³-hybridized carbons (Fsp3) is 0.286. The van der Waals surface area contributed by atoms with E-state index in [9.17, 15) is 4.79 Å². The molecule has 1 atom stereocenters. The molecule has 0 aliphatic carbocycles. The number of ether oxygens (including phenoxy) is 1. The maximum atomic E-state index is 13.0. The van der Waals surface area contributed by atoms with Gasteiger partial charge in [-0.1, -0.05) is 30.3 Å². The number of benzene rings is 2. The van der Waals surface area contributed by atoms with E-state index in [1.165, 1.54) is 0 Å². The second-order valence-corrected chi connectivity index (χ2v) is 8.97. The molecule has 1 saturated heterocycles. The number of hydrogen-bond donors (Lipinski definition) is 1. The molecule has 0 saturated carbocycles. The largest absolute Gasteiger partial charge is 0.497 e. The number of nitrogens with zero attached hydrogens (tertiary/aromatic N) is 4. The van der Waals surface area contributed by atoms with Crippen molar-refractivity contribution in [2.45, 2.75) is 25.9 Å². The van der Waals surface area contributed by atoms with Crippen LogP contribution in [-0.4, -0.2) is 45.4 Å². The number of piperidine rings is 1. The molecule has 180 valence electrons. The monoisotopic (exact) mass is 469 g/mol. The molecule has 1 unspecified atom stereocenters. The standard InChI is InChI=1S/C28H31N5O2/c1-35-26-13-11-22(12-14-26)18-29-27(34)23-8-7-15-31(20-23)21-24-19-30-33(25-9-3-2-4-10-25)28(24)32-16-5-6-17-32/h2-6,9-14,16-17,19,23H,7-8,15,18,20-21H2,1H3,(H,29,34). The molecule has 3 heterocycles. The summed E-state index contributed by atoms with van der Waals surface area (Å²) in [5, 5.41) is 7.84. The maximum Gasteiger partial charge on any atom is 0.224 e. The van der Waals surface area contributed by atoms with Crippen molar-refractivity contribution in [1.29, 1.82) is 0 Å². The number of carbonyl (C=O) groups is 1. The van der Waals surface area contributed by atoms with Gasteiger partial charge in [-0.2, -0.15) is 5.10 Å². The molecular weight excluding hydrogens is 438 g/mol. The van der Waals surface area contributed by atoms with E-state index in [1.807, 2.05) is 77.9 Å². The Labute approximate surface area is 205 Å². The van der Waals surface area contributed by atoms with Gasteiger partial charge in [0.25, 0.3) is 0 Å². The summed E-state index contributed by atoms with van der Waals surface area (Å²) in [5.74, 6) is 1.96. The van der Waals surface area contributed by atoms with Crippen LogP contribution in [0.4, 0.5) is 0 Å². The molecule has 0 radical (unpaired) electrons. The highest BCUT2D eigenvalue weighted by molar-refractivity contribution is 5.79. The highest BCUT2D eigenvalue weighted by Gasteiger charge is 2.27. The zero-order valence-corrected chi connectivity index (χ0v) is 20.0. The first kappa shape index (κ1) is 22.9. The average molecular weight is 470 g/mol. The molecule has 1 aliphatic heterocycles. The predicted molar refractivity (Wildman–Crippen MR) is 136 cm³/mol. The summed E-state index contributed by atoms with van der Waals surface area (Å²) in [6, 6.07) is 22.0. The fourth-order valence-electron chi connectivity index (χ4n) is 4.73. The molecule has 2 aromatic heterocycles. The Hall–Kier alpha value is -3.84. The third kappa shape index (κ3) is 5.30. The van der Waals surface area contributed by atoms with Gasteiger partial charge in [0.1, 0.15) is 11.6 Å². The van der Waals surface area contributed by atoms with Crippen molar-refractivity contribution in [3.8, 4) is 17.3 Å². The van der Waals surface area contributed by atoms with Crippen LogP contribution in [0, 0.1) is 5.92 Å². The minimum absolute atomic E-state index is 0.0128. The summed E-state index contributed by atoms with van der Waals surface area (Å²) >= 11 is 0. The van der Waals surface area contributed by atoms with E-state index in [1.54, 1.807) is 7.11 Å². The quantitative estimate of drug-likeness (QED) is 0.420. The number of amides is 1. The van der Waals surface area contributed by atoms with Gasteiger partial charge in [0.05, 0.1) is 24.9 Å². The molecule has 0 bridgehead atoms. The Morgan fingerprint density at radius 3 is 2.57 bits per heavy atom. The first-order chi connectivity index (χ1) is 17.2. The second kappa shape index (κ2) is 10.6. The van der Waals surface area contributed by atoms with Gasteiger partial charge in [0.2, 0.25) is 5.91 Å². The number of carbonyl (C=O) groups excluding carboxylic acids is 1. The predicted octanol–water partition coefficient (Wildman–Crippen LogP) is 4.20. The molecule has 7 heteroatoms. The van der Waals surface area contributed by atoms with Crippen LogP contribution in [-0.2, 0) is 17.9 Å². The smallest absolute Gasteiger partial charge is 0.224 e. The second-order valence-electron chi connectivity index (χ2n) is 8.97. The van der Waals surface area contributed by atoms with Gasteiger partial charge in [0, 0.05) is 37.6 Å². The van der Waals surface area contributed by atoms with Crippen molar-refractivity contribution in [2.75, 3.05) is 20.2 Å². The van der Waals surface area contributed by atoms with E-state index in [0.29, 0.717) is 6.54 Å². The highest BCUT2D eigenvalue weighted by atomic mass is 16.5. The van der Waals surface area contributed by atoms with Gasteiger partial charge in [0.15, 0.2) is 0 Å². The van der Waals surface area contributed by atoms with Crippen LogP contribution >= 0.6 is 0 Å². The lowest BCUT2D eigenvalue weighted by Gasteiger charge is -2.32. The Morgan fingerprint density at radius 2 is 1.83 bits per heavy atom. The minimum Gasteiger partial charge on any atom is -0.497 e. The summed E-state index contributed by atoms with van der Waals surface area (Å²) in [5.41, 5.74) is 3.23. The molecule has 2 aromatic carbocycles. The van der Waals surface area contributed by atoms with Crippen LogP contribution in [0.1, 0.15) is 24.0 Å². The third-order valence-corrected chi connectivity index (χ3v) is 6.56. The summed E-state index contributed by atoms with van der Waals surface area (Å²) in [6.07, 6.45) is 7.97. The zero-order chi connectivity index (χ0) is 24.0. The molecule has 1 aliphatic rings. The molecule has 1 amide bonds. The number of rotatable bonds is 8. The molecule has 1 N–H and O–H groups in total. The fourth-order valence-corrected chi connectivity index (χ4v) is 4.73. The van der Waals surface area contributed by atoms with Crippen LogP contribution in [0.5, 0.6) is 5.75 Å². The summed E-state index contributed by atoms with van der Waals surface area (Å²) in [7, 11) is 1.65. The Bertz CT molecular complexity index is 1230. The number of nitrogens with one attached hydrogen (secondary N) is 1. The van der Waals surface area contributed by atoms with Crippen LogP contribution in [0.2, 0.25) is 0 Å². The lowest BCUT2D eigenvalue weighted by atomic mass is 9.96. The molecule has 35 heavy (non-hydrogen) atoms. The van der Waals surface area contributed by atoms with Crippen molar-refractivity contribution >= 4 is 5.91 Å². The van der Waals surface area contributed by atoms with Gasteiger partial charge in [-0.05, 0) is 61.3 Å². The van der Waals surface area contributed by atoms with E-state index < -0.39 is 0 Å². The van der Waals surface area contributed by atoms with Crippen LogP contribution in [0.3, 0.4) is 0 Å². The van der Waals surface area contributed by atoms with E-state index in [4.69, 9.17) is 9.84 Å². The van der Waals surface area contributed by atoms with E-state index in [-0.39, 0.29) is 11.8 Å². The molecule has 7 nitrogen and oxygen atoms in total. The van der Waals surface area contributed by atoms with Crippen molar-refractivity contribution in [3.63, 3.8) is 0 Å². The summed E-state index contributed by atoms with van der Waals surface area (Å²) < 4.78 is 9.30. The van der Waals surface area contributed by atoms with Gasteiger partial charge >= 0.3 is 0 Å². The molecule has 4 aromatic rings. The van der Waals surface area contributed by atoms with Gasteiger partial charge in [-0.25, -0.2) is 4.68 Å². The number of methoxy groups -OCH3 is 1. The maximum absolute atomic E-state index is 13.0. The van der Waals surface area contributed by atoms with Gasteiger partial charge in [-0.3, -0.25) is 9.69 Å². The topological polar surface area (TPSA) is 64.3 Å². The van der Waals surface area contributed by atoms with Crippen LogP contribution < -0.4 is 10.1 Å². The molecule has 0 spiro atoms. The van der Waals surface area contributed by atoms with Crippen LogP contribution in [0.25, 0.3) is 11.5 Å². The SMILES string of the molecule is COc1ccc(CNC(=O)C2CCCN(Cc3cnn(-c4ccccc4)c3-n3cccc3)C2)cc1. The number of hydrogen-bond acceptors (Lipinski definition) is 4. The number of aromatic nitrogens is 3. The Kier molecular flexibility index (Phi) is 6.95. The first-order valence-corrected chi connectivity index (χ1v) is 12.1. The minimum atomic E-state index is -0.0128.